The largest absolute Gasteiger partial charge is 0.458 e. The molecule has 0 amide bonds. The Balaban J connectivity index is 1.18. The number of hydrogen-bond donors (Lipinski definition) is 0. The van der Waals surface area contributed by atoms with Crippen LogP contribution in [0.5, 0.6) is 0 Å². The van der Waals surface area contributed by atoms with Gasteiger partial charge in [-0.1, -0.05) is 109 Å². The third-order valence-electron chi connectivity index (χ3n) is 8.83. The summed E-state index contributed by atoms with van der Waals surface area (Å²) in [4.78, 5) is 36.9. The average Bonchev–Trinajstić information content (AvgIpc) is 3.22. The summed E-state index contributed by atoms with van der Waals surface area (Å²) in [5.41, 5.74) is 12.3. The van der Waals surface area contributed by atoms with Crippen molar-refractivity contribution >= 4 is 58.2 Å². The minimum Gasteiger partial charge on any atom is -0.458 e. The van der Waals surface area contributed by atoms with Crippen LogP contribution in [0.2, 0.25) is 0 Å². The van der Waals surface area contributed by atoms with Crippen molar-refractivity contribution in [1.82, 2.24) is 0 Å². The van der Waals surface area contributed by atoms with E-state index in [2.05, 4.69) is 151 Å². The predicted molar refractivity (Wildman–Crippen MR) is 222 cm³/mol. The topological polar surface area (TPSA) is 68.3 Å². The molecule has 7 nitrogen and oxygen atoms in total. The maximum absolute atomic E-state index is 11.5. The molecule has 7 heteroatoms. The quantitative estimate of drug-likeness (QED) is 0.0343. The van der Waals surface area contributed by atoms with Crippen LogP contribution in [0.25, 0.3) is 12.2 Å². The minimum absolute atomic E-state index is 0.130. The van der Waals surface area contributed by atoms with Gasteiger partial charge in [0.1, 0.15) is 13.2 Å². The lowest BCUT2D eigenvalue weighted by Gasteiger charge is -2.26. The Labute approximate surface area is 322 Å². The van der Waals surface area contributed by atoms with E-state index >= 15 is 0 Å². The van der Waals surface area contributed by atoms with E-state index in [-0.39, 0.29) is 13.2 Å². The standard InChI is InChI=1S/C48H42N2O5/c1-5-47(51)53-33-39-17-29-45(30-18-39)49(41-21-7-35(3)8-22-41)43-25-13-37(14-26-43)11-12-38-15-27-44(28-16-38)50(42-23-9-36(4)10-24-42)46-31-19-40(20-32-46)34-54-55-48(52)6-2/h5-32H,1-2,33-34H2,3-4H3. The van der Waals surface area contributed by atoms with Gasteiger partial charge < -0.3 is 14.5 Å². The van der Waals surface area contributed by atoms with Gasteiger partial charge in [0, 0.05) is 46.3 Å². The van der Waals surface area contributed by atoms with Crippen molar-refractivity contribution in [2.75, 3.05) is 9.80 Å². The maximum Gasteiger partial charge on any atom is 0.365 e. The Morgan fingerprint density at radius 1 is 0.473 bits per heavy atom. The second kappa shape index (κ2) is 18.2. The number of aryl methyl sites for hydroxylation is 2. The molecule has 0 aliphatic carbocycles. The van der Waals surface area contributed by atoms with Crippen LogP contribution < -0.4 is 9.80 Å². The summed E-state index contributed by atoms with van der Waals surface area (Å²) in [6.45, 7) is 11.3. The lowest BCUT2D eigenvalue weighted by molar-refractivity contribution is -0.275. The van der Waals surface area contributed by atoms with Crippen molar-refractivity contribution in [1.29, 1.82) is 0 Å². The summed E-state index contributed by atoms with van der Waals surface area (Å²) in [7, 11) is 0. The van der Waals surface area contributed by atoms with E-state index in [1.165, 1.54) is 17.2 Å². The van der Waals surface area contributed by atoms with Crippen LogP contribution in [-0.4, -0.2) is 11.9 Å². The Morgan fingerprint density at radius 2 is 0.800 bits per heavy atom. The molecule has 6 rings (SSSR count). The third kappa shape index (κ3) is 10.1. The van der Waals surface area contributed by atoms with Crippen molar-refractivity contribution in [2.24, 2.45) is 0 Å². The van der Waals surface area contributed by atoms with Crippen LogP contribution in [0.4, 0.5) is 34.1 Å². The van der Waals surface area contributed by atoms with Gasteiger partial charge in [0.25, 0.3) is 0 Å². The van der Waals surface area contributed by atoms with E-state index < -0.39 is 11.9 Å². The SMILES string of the molecule is C=CC(=O)OCc1ccc(N(c2ccc(C)cc2)c2ccc(C=Cc3ccc(N(c4ccc(C)cc4)c4ccc(COOC(=O)C=C)cc4)cc3)cc2)cc1. The van der Waals surface area contributed by atoms with E-state index in [1.807, 2.05) is 48.5 Å². The highest BCUT2D eigenvalue weighted by atomic mass is 17.2. The molecule has 0 aliphatic rings. The van der Waals surface area contributed by atoms with E-state index in [1.54, 1.807) is 0 Å². The van der Waals surface area contributed by atoms with Gasteiger partial charge >= 0.3 is 11.9 Å². The molecule has 0 aromatic heterocycles. The van der Waals surface area contributed by atoms with Crippen LogP contribution in [0.1, 0.15) is 33.4 Å². The van der Waals surface area contributed by atoms with Crippen molar-refractivity contribution in [2.45, 2.75) is 27.1 Å². The summed E-state index contributed by atoms with van der Waals surface area (Å²) >= 11 is 0. The minimum atomic E-state index is -0.633. The van der Waals surface area contributed by atoms with Crippen LogP contribution in [-0.2, 0) is 37.3 Å². The highest BCUT2D eigenvalue weighted by Crippen LogP contribution is 2.37. The summed E-state index contributed by atoms with van der Waals surface area (Å²) in [5, 5.41) is 0. The molecule has 55 heavy (non-hydrogen) atoms. The molecule has 0 aliphatic heterocycles. The summed E-state index contributed by atoms with van der Waals surface area (Å²) in [6.07, 6.45) is 6.44. The number of carbonyl (C=O) groups excluding carboxylic acids is 2. The summed E-state index contributed by atoms with van der Waals surface area (Å²) in [6, 6.07) is 49.7. The maximum atomic E-state index is 11.5. The third-order valence-corrected chi connectivity index (χ3v) is 8.83. The number of nitrogens with zero attached hydrogens (tertiary/aromatic N) is 2. The fourth-order valence-electron chi connectivity index (χ4n) is 5.83. The van der Waals surface area contributed by atoms with Crippen LogP contribution in [0.15, 0.2) is 171 Å². The lowest BCUT2D eigenvalue weighted by Crippen LogP contribution is -2.10. The Kier molecular flexibility index (Phi) is 12.5. The van der Waals surface area contributed by atoms with E-state index in [4.69, 9.17) is 9.62 Å². The molecular weight excluding hydrogens is 685 g/mol. The first-order valence-corrected chi connectivity index (χ1v) is 17.8. The van der Waals surface area contributed by atoms with Gasteiger partial charge in [-0.05, 0) is 109 Å². The molecule has 0 radical (unpaired) electrons. The summed E-state index contributed by atoms with van der Waals surface area (Å²) < 4.78 is 5.21. The molecule has 0 fully saturated rings. The number of ether oxygens (including phenoxy) is 1. The predicted octanol–water partition coefficient (Wildman–Crippen LogP) is 11.8. The van der Waals surface area contributed by atoms with Gasteiger partial charge in [0.15, 0.2) is 0 Å². The molecule has 0 unspecified atom stereocenters. The zero-order valence-corrected chi connectivity index (χ0v) is 30.9. The van der Waals surface area contributed by atoms with E-state index in [9.17, 15) is 9.59 Å². The van der Waals surface area contributed by atoms with Crippen LogP contribution in [0.3, 0.4) is 0 Å². The van der Waals surface area contributed by atoms with Crippen molar-refractivity contribution < 1.29 is 24.1 Å². The molecule has 6 aromatic rings. The molecular formula is C48H42N2O5. The zero-order chi connectivity index (χ0) is 38.6. The van der Waals surface area contributed by atoms with Gasteiger partial charge in [0.2, 0.25) is 0 Å². The normalized spacial score (nSPS) is 10.8. The van der Waals surface area contributed by atoms with Crippen LogP contribution >= 0.6 is 0 Å². The van der Waals surface area contributed by atoms with E-state index in [0.29, 0.717) is 0 Å². The fourth-order valence-corrected chi connectivity index (χ4v) is 5.83. The number of esters is 1. The number of rotatable bonds is 15. The van der Waals surface area contributed by atoms with Gasteiger partial charge in [-0.15, -0.1) is 0 Å². The smallest absolute Gasteiger partial charge is 0.365 e. The Hall–Kier alpha value is -6.96. The Morgan fingerprint density at radius 3 is 1.16 bits per heavy atom. The monoisotopic (exact) mass is 726 g/mol. The van der Waals surface area contributed by atoms with Crippen molar-refractivity contribution in [3.63, 3.8) is 0 Å². The highest BCUT2D eigenvalue weighted by Gasteiger charge is 2.14. The zero-order valence-electron chi connectivity index (χ0n) is 30.9. The molecule has 6 aromatic carbocycles. The van der Waals surface area contributed by atoms with Crippen LogP contribution in [0, 0.1) is 13.8 Å². The molecule has 0 saturated heterocycles. The van der Waals surface area contributed by atoms with Gasteiger partial charge in [-0.3, -0.25) is 4.89 Å². The number of carbonyl (C=O) groups is 2. The van der Waals surface area contributed by atoms with Gasteiger partial charge in [-0.25, -0.2) is 9.59 Å². The van der Waals surface area contributed by atoms with Gasteiger partial charge in [0.05, 0.1) is 0 Å². The molecule has 0 spiro atoms. The second-order valence-electron chi connectivity index (χ2n) is 12.9. The molecule has 0 heterocycles. The lowest BCUT2D eigenvalue weighted by atomic mass is 10.1. The molecule has 0 atom stereocenters. The van der Waals surface area contributed by atoms with Crippen molar-refractivity contribution in [3.05, 3.63) is 204 Å². The first kappa shape index (κ1) is 37.8. The molecule has 0 bridgehead atoms. The van der Waals surface area contributed by atoms with Crippen molar-refractivity contribution in [3.8, 4) is 0 Å². The fraction of sp³-hybridized carbons (Fsp3) is 0.0833. The van der Waals surface area contributed by atoms with Gasteiger partial charge in [-0.2, -0.15) is 4.89 Å². The number of hydrogen-bond acceptors (Lipinski definition) is 7. The Bertz CT molecular complexity index is 2240. The molecule has 0 saturated carbocycles. The first-order valence-electron chi connectivity index (χ1n) is 17.8. The number of anilines is 6. The molecule has 0 N–H and O–H groups in total. The molecule has 274 valence electrons. The summed E-state index contributed by atoms with van der Waals surface area (Å²) in [5.74, 6) is -1.08. The second-order valence-corrected chi connectivity index (χ2v) is 12.9. The number of benzene rings is 6. The average molecular weight is 727 g/mol. The highest BCUT2D eigenvalue weighted by molar-refractivity contribution is 5.82. The van der Waals surface area contributed by atoms with E-state index in [0.717, 1.165) is 62.5 Å². The first-order chi connectivity index (χ1) is 26.8.